The van der Waals surface area contributed by atoms with Gasteiger partial charge in [-0.15, -0.1) is 0 Å². The predicted octanol–water partition coefficient (Wildman–Crippen LogP) is 5.76. The lowest BCUT2D eigenvalue weighted by Gasteiger charge is -2.24. The van der Waals surface area contributed by atoms with Gasteiger partial charge in [-0.05, 0) is 62.4 Å². The molecule has 0 saturated carbocycles. The number of amides is 1. The van der Waals surface area contributed by atoms with E-state index in [0.717, 1.165) is 26.9 Å². The Morgan fingerprint density at radius 1 is 1.03 bits per heavy atom. The third-order valence-corrected chi connectivity index (χ3v) is 8.31. The molecule has 0 bridgehead atoms. The maximum atomic E-state index is 13.5. The van der Waals surface area contributed by atoms with Gasteiger partial charge >= 0.3 is 0 Å². The van der Waals surface area contributed by atoms with E-state index in [9.17, 15) is 13.2 Å². The van der Waals surface area contributed by atoms with Crippen molar-refractivity contribution in [2.45, 2.75) is 18.7 Å². The van der Waals surface area contributed by atoms with Crippen LogP contribution in [0.3, 0.4) is 0 Å². The molecule has 11 heteroatoms. The second-order valence-corrected chi connectivity index (χ2v) is 11.3. The SMILES string of the molecule is COc1cccc(N(CC(=O)N/N=C\c2cc(C)n(-c3cc(Cl)ccc3Cl)c2C)S(=O)(=O)c2ccccc2)c1. The average molecular weight is 586 g/mol. The van der Waals surface area contributed by atoms with Gasteiger partial charge in [0.15, 0.2) is 0 Å². The standard InChI is InChI=1S/C28H26Cl2N4O4S/c1-19-14-21(20(2)34(19)27-15-22(29)12-13-26(27)30)17-31-32-28(35)18-33(23-8-7-9-24(16-23)38-3)39(36,37)25-10-5-4-6-11-25/h4-17H,18H2,1-3H3,(H,32,35)/b31-17-. The van der Waals surface area contributed by atoms with Crippen molar-refractivity contribution < 1.29 is 17.9 Å². The summed E-state index contributed by atoms with van der Waals surface area (Å²) >= 11 is 12.6. The first-order chi connectivity index (χ1) is 18.6. The van der Waals surface area contributed by atoms with Crippen molar-refractivity contribution in [3.63, 3.8) is 0 Å². The molecule has 39 heavy (non-hydrogen) atoms. The smallest absolute Gasteiger partial charge is 0.264 e. The molecule has 1 heterocycles. The zero-order valence-electron chi connectivity index (χ0n) is 21.4. The number of rotatable bonds is 9. The van der Waals surface area contributed by atoms with E-state index in [1.807, 2.05) is 24.5 Å². The first-order valence-electron chi connectivity index (χ1n) is 11.8. The molecule has 8 nitrogen and oxygen atoms in total. The molecule has 1 aromatic heterocycles. The van der Waals surface area contributed by atoms with Crippen LogP contribution in [0.1, 0.15) is 17.0 Å². The van der Waals surface area contributed by atoms with Crippen molar-refractivity contribution in [1.29, 1.82) is 0 Å². The summed E-state index contributed by atoms with van der Waals surface area (Å²) in [5.74, 6) is -0.172. The van der Waals surface area contributed by atoms with E-state index in [2.05, 4.69) is 10.5 Å². The molecule has 0 aliphatic rings. The first kappa shape index (κ1) is 28.2. The van der Waals surface area contributed by atoms with Crippen molar-refractivity contribution in [3.05, 3.63) is 106 Å². The van der Waals surface area contributed by atoms with E-state index >= 15 is 0 Å². The Balaban J connectivity index is 1.57. The predicted molar refractivity (Wildman–Crippen MR) is 155 cm³/mol. The Morgan fingerprint density at radius 2 is 1.77 bits per heavy atom. The van der Waals surface area contributed by atoms with Crippen molar-refractivity contribution in [2.24, 2.45) is 5.10 Å². The Hall–Kier alpha value is -3.79. The zero-order valence-corrected chi connectivity index (χ0v) is 23.8. The second-order valence-electron chi connectivity index (χ2n) is 8.58. The van der Waals surface area contributed by atoms with Crippen LogP contribution in [0.5, 0.6) is 5.75 Å². The summed E-state index contributed by atoms with van der Waals surface area (Å²) in [5, 5.41) is 5.17. The molecule has 0 unspecified atom stereocenters. The highest BCUT2D eigenvalue weighted by atomic mass is 35.5. The Kier molecular flexibility index (Phi) is 8.64. The highest BCUT2D eigenvalue weighted by Gasteiger charge is 2.27. The minimum absolute atomic E-state index is 0.0521. The van der Waals surface area contributed by atoms with Crippen molar-refractivity contribution in [3.8, 4) is 11.4 Å². The van der Waals surface area contributed by atoms with Crippen molar-refractivity contribution >= 4 is 51.0 Å². The van der Waals surface area contributed by atoms with E-state index in [-0.39, 0.29) is 10.6 Å². The van der Waals surface area contributed by atoms with Crippen LogP contribution in [0, 0.1) is 13.8 Å². The van der Waals surface area contributed by atoms with Gasteiger partial charge in [-0.1, -0.05) is 47.5 Å². The molecule has 4 aromatic rings. The van der Waals surface area contributed by atoms with E-state index in [0.29, 0.717) is 15.8 Å². The number of halogens is 2. The van der Waals surface area contributed by atoms with Gasteiger partial charge in [-0.3, -0.25) is 9.10 Å². The van der Waals surface area contributed by atoms with E-state index in [1.165, 1.54) is 25.5 Å². The van der Waals surface area contributed by atoms with Gasteiger partial charge < -0.3 is 9.30 Å². The van der Waals surface area contributed by atoms with Crippen LogP contribution in [-0.2, 0) is 14.8 Å². The lowest BCUT2D eigenvalue weighted by Crippen LogP contribution is -2.39. The normalized spacial score (nSPS) is 11.5. The monoisotopic (exact) mass is 584 g/mol. The van der Waals surface area contributed by atoms with Gasteiger partial charge in [-0.25, -0.2) is 13.8 Å². The van der Waals surface area contributed by atoms with Gasteiger partial charge in [0.2, 0.25) is 0 Å². The average Bonchev–Trinajstić information content (AvgIpc) is 3.21. The summed E-state index contributed by atoms with van der Waals surface area (Å²) in [6.45, 7) is 3.31. The molecule has 202 valence electrons. The number of nitrogens with zero attached hydrogens (tertiary/aromatic N) is 3. The van der Waals surface area contributed by atoms with Gasteiger partial charge in [0.1, 0.15) is 12.3 Å². The lowest BCUT2D eigenvalue weighted by atomic mass is 10.2. The number of hydrogen-bond acceptors (Lipinski definition) is 5. The highest BCUT2D eigenvalue weighted by molar-refractivity contribution is 7.92. The fourth-order valence-corrected chi connectivity index (χ4v) is 5.89. The van der Waals surface area contributed by atoms with Crippen LogP contribution < -0.4 is 14.5 Å². The molecule has 1 amide bonds. The summed E-state index contributed by atoms with van der Waals surface area (Å²) in [6.07, 6.45) is 1.50. The third kappa shape index (κ3) is 6.27. The van der Waals surface area contributed by atoms with E-state index < -0.39 is 22.5 Å². The molecule has 3 aromatic carbocycles. The van der Waals surface area contributed by atoms with Crippen LogP contribution in [0.2, 0.25) is 10.0 Å². The number of nitrogens with one attached hydrogen (secondary N) is 1. The number of aryl methyl sites for hydroxylation is 1. The number of methoxy groups -OCH3 is 1. The fourth-order valence-electron chi connectivity index (χ4n) is 4.09. The molecule has 0 spiro atoms. The number of benzene rings is 3. The molecule has 0 radical (unpaired) electrons. The number of ether oxygens (including phenoxy) is 1. The summed E-state index contributed by atoms with van der Waals surface area (Å²) in [4.78, 5) is 13.0. The molecule has 0 saturated heterocycles. The second kappa shape index (κ2) is 11.9. The number of hydrazone groups is 1. The minimum atomic E-state index is -4.06. The molecular formula is C28H26Cl2N4O4S. The maximum Gasteiger partial charge on any atom is 0.264 e. The quantitative estimate of drug-likeness (QED) is 0.200. The molecule has 1 N–H and O–H groups in total. The molecule has 0 atom stereocenters. The molecule has 0 aliphatic heterocycles. The lowest BCUT2D eigenvalue weighted by molar-refractivity contribution is -0.119. The number of anilines is 1. The van der Waals surface area contributed by atoms with E-state index in [4.69, 9.17) is 27.9 Å². The highest BCUT2D eigenvalue weighted by Crippen LogP contribution is 2.29. The number of hydrogen-bond donors (Lipinski definition) is 1. The Morgan fingerprint density at radius 3 is 2.49 bits per heavy atom. The molecule has 0 fully saturated rings. The Labute approximate surface area is 237 Å². The van der Waals surface area contributed by atoms with Crippen LogP contribution in [-0.4, -0.2) is 38.8 Å². The number of carbonyl (C=O) groups excluding carboxylic acids is 1. The summed E-state index contributed by atoms with van der Waals surface area (Å²) in [7, 11) is -2.58. The van der Waals surface area contributed by atoms with Crippen molar-refractivity contribution in [1.82, 2.24) is 9.99 Å². The van der Waals surface area contributed by atoms with Crippen LogP contribution in [0.15, 0.2) is 88.9 Å². The number of carbonyl (C=O) groups is 1. The van der Waals surface area contributed by atoms with Gasteiger partial charge in [0.05, 0.1) is 34.6 Å². The van der Waals surface area contributed by atoms with Crippen LogP contribution in [0.25, 0.3) is 5.69 Å². The molecule has 0 aliphatic carbocycles. The number of sulfonamides is 1. The fraction of sp³-hybridized carbons (Fsp3) is 0.143. The largest absolute Gasteiger partial charge is 0.497 e. The molecule has 4 rings (SSSR count). The topological polar surface area (TPSA) is 93.0 Å². The van der Waals surface area contributed by atoms with Crippen LogP contribution in [0.4, 0.5) is 5.69 Å². The van der Waals surface area contributed by atoms with Crippen LogP contribution >= 0.6 is 23.2 Å². The Bertz CT molecular complexity index is 1640. The minimum Gasteiger partial charge on any atom is -0.497 e. The number of aromatic nitrogens is 1. The van der Waals surface area contributed by atoms with E-state index in [1.54, 1.807) is 60.7 Å². The van der Waals surface area contributed by atoms with Gasteiger partial charge in [-0.2, -0.15) is 5.10 Å². The van der Waals surface area contributed by atoms with Crippen molar-refractivity contribution in [2.75, 3.05) is 18.0 Å². The summed E-state index contributed by atoms with van der Waals surface area (Å²) in [6, 6.07) is 21.5. The maximum absolute atomic E-state index is 13.5. The van der Waals surface area contributed by atoms with Gasteiger partial charge in [0, 0.05) is 28.0 Å². The zero-order chi connectivity index (χ0) is 28.2. The summed E-state index contributed by atoms with van der Waals surface area (Å²) < 4.78 is 35.2. The third-order valence-electron chi connectivity index (χ3n) is 5.97. The molecular weight excluding hydrogens is 559 g/mol. The first-order valence-corrected chi connectivity index (χ1v) is 14.0. The van der Waals surface area contributed by atoms with Gasteiger partial charge in [0.25, 0.3) is 15.9 Å². The summed E-state index contributed by atoms with van der Waals surface area (Å²) in [5.41, 5.74) is 5.90.